The number of hydrogen-bond donors (Lipinski definition) is 3. The average molecular weight is 459 g/mol. The lowest BCUT2D eigenvalue weighted by molar-refractivity contribution is 0.459. The van der Waals surface area contributed by atoms with E-state index in [-0.39, 0.29) is 0 Å². The number of anilines is 1. The third-order valence-corrected chi connectivity index (χ3v) is 6.97. The predicted octanol–water partition coefficient (Wildman–Crippen LogP) is 6.50. The highest BCUT2D eigenvalue weighted by Gasteiger charge is 2.16. The number of rotatable bonds is 6. The van der Waals surface area contributed by atoms with Crippen molar-refractivity contribution in [2.75, 3.05) is 5.32 Å². The molecule has 1 aliphatic rings. The van der Waals surface area contributed by atoms with Gasteiger partial charge in [0.2, 0.25) is 5.95 Å². The quantitative estimate of drug-likeness (QED) is 0.367. The van der Waals surface area contributed by atoms with Gasteiger partial charge in [-0.15, -0.1) is 25.3 Å². The lowest BCUT2D eigenvalue weighted by atomic mass is 9.96. The van der Waals surface area contributed by atoms with E-state index in [0.29, 0.717) is 22.3 Å². The molecule has 0 unspecified atom stereocenters. The Kier molecular flexibility index (Phi) is 7.29. The van der Waals surface area contributed by atoms with Gasteiger partial charge in [0.05, 0.1) is 0 Å². The van der Waals surface area contributed by atoms with Crippen LogP contribution in [0, 0.1) is 0 Å². The van der Waals surface area contributed by atoms with Crippen molar-refractivity contribution in [1.29, 1.82) is 0 Å². The van der Waals surface area contributed by atoms with Crippen molar-refractivity contribution in [2.45, 2.75) is 68.0 Å². The van der Waals surface area contributed by atoms with Crippen LogP contribution in [0.15, 0.2) is 78.4 Å². The van der Waals surface area contributed by atoms with Gasteiger partial charge in [-0.25, -0.2) is 0 Å². The maximum atomic E-state index is 4.69. The molecule has 1 fully saturated rings. The molecule has 0 aliphatic heterocycles. The van der Waals surface area contributed by atoms with E-state index in [9.17, 15) is 0 Å². The maximum Gasteiger partial charge on any atom is 0.227 e. The molecule has 0 bridgehead atoms. The number of hydrogen-bond acceptors (Lipinski definition) is 8. The molecular formula is C21H22N4S4. The molecule has 3 aromatic rings. The molecule has 2 aromatic carbocycles. The molecule has 150 valence electrons. The van der Waals surface area contributed by atoms with Gasteiger partial charge in [0.1, 0.15) is 0 Å². The Morgan fingerprint density at radius 1 is 0.690 bits per heavy atom. The zero-order valence-corrected chi connectivity index (χ0v) is 19.2. The summed E-state index contributed by atoms with van der Waals surface area (Å²) in [4.78, 5) is 18.1. The van der Waals surface area contributed by atoms with Crippen LogP contribution < -0.4 is 5.32 Å². The van der Waals surface area contributed by atoms with Gasteiger partial charge in [0.15, 0.2) is 10.3 Å². The van der Waals surface area contributed by atoms with Crippen LogP contribution in [0.3, 0.4) is 0 Å². The fourth-order valence-corrected chi connectivity index (χ4v) is 5.01. The van der Waals surface area contributed by atoms with E-state index in [2.05, 4.69) is 45.5 Å². The van der Waals surface area contributed by atoms with E-state index in [4.69, 9.17) is 0 Å². The van der Waals surface area contributed by atoms with Crippen molar-refractivity contribution < 1.29 is 0 Å². The maximum absolute atomic E-state index is 4.69. The second-order valence-electron chi connectivity index (χ2n) is 6.90. The van der Waals surface area contributed by atoms with Crippen LogP contribution in [0.25, 0.3) is 0 Å². The van der Waals surface area contributed by atoms with E-state index < -0.39 is 0 Å². The van der Waals surface area contributed by atoms with Gasteiger partial charge in [-0.2, -0.15) is 15.0 Å². The molecule has 4 nitrogen and oxygen atoms in total. The van der Waals surface area contributed by atoms with Gasteiger partial charge in [-0.3, -0.25) is 0 Å². The topological polar surface area (TPSA) is 50.7 Å². The van der Waals surface area contributed by atoms with Gasteiger partial charge < -0.3 is 5.32 Å². The summed E-state index contributed by atoms with van der Waals surface area (Å²) in [7, 11) is 0. The highest BCUT2D eigenvalue weighted by molar-refractivity contribution is 7.99. The zero-order chi connectivity index (χ0) is 20.1. The second kappa shape index (κ2) is 10.1. The number of thiol groups is 2. The summed E-state index contributed by atoms with van der Waals surface area (Å²) < 4.78 is 0. The van der Waals surface area contributed by atoms with Gasteiger partial charge >= 0.3 is 0 Å². The standard InChI is InChI=1S/C21H22N4S4/c26-15-6-10-17(11-7-15)28-20-23-19(22-14-4-2-1-3-5-14)24-21(25-20)29-18-12-8-16(27)9-13-18/h6-14,26-27H,1-5H2,(H,22,23,24,25). The molecule has 4 rings (SSSR count). The first kappa shape index (κ1) is 20.9. The smallest absolute Gasteiger partial charge is 0.227 e. The Hall–Kier alpha value is -1.35. The summed E-state index contributed by atoms with van der Waals surface area (Å²) in [6.45, 7) is 0. The molecule has 0 saturated heterocycles. The molecule has 0 radical (unpaired) electrons. The summed E-state index contributed by atoms with van der Waals surface area (Å²) in [5.74, 6) is 0.661. The lowest BCUT2D eigenvalue weighted by Gasteiger charge is -2.22. The minimum Gasteiger partial charge on any atom is -0.351 e. The third kappa shape index (κ3) is 6.31. The van der Waals surface area contributed by atoms with Gasteiger partial charge in [-0.05, 0) is 84.9 Å². The van der Waals surface area contributed by atoms with Crippen molar-refractivity contribution >= 4 is 54.7 Å². The normalized spacial score (nSPS) is 14.7. The van der Waals surface area contributed by atoms with Crippen LogP contribution in [-0.4, -0.2) is 21.0 Å². The molecule has 1 aromatic heterocycles. The van der Waals surface area contributed by atoms with Gasteiger partial charge in [-0.1, -0.05) is 19.3 Å². The van der Waals surface area contributed by atoms with Crippen molar-refractivity contribution in [1.82, 2.24) is 15.0 Å². The van der Waals surface area contributed by atoms with E-state index in [1.807, 2.05) is 48.5 Å². The monoisotopic (exact) mass is 458 g/mol. The van der Waals surface area contributed by atoms with Crippen molar-refractivity contribution in [3.8, 4) is 0 Å². The summed E-state index contributed by atoms with van der Waals surface area (Å²) in [5.41, 5.74) is 0. The molecule has 1 saturated carbocycles. The van der Waals surface area contributed by atoms with Crippen molar-refractivity contribution in [2.24, 2.45) is 0 Å². The highest BCUT2D eigenvalue weighted by atomic mass is 32.2. The first-order valence-corrected chi connectivity index (χ1v) is 12.1. The highest BCUT2D eigenvalue weighted by Crippen LogP contribution is 2.31. The number of benzene rings is 2. The molecule has 0 spiro atoms. The van der Waals surface area contributed by atoms with Crippen LogP contribution in [0.4, 0.5) is 5.95 Å². The van der Waals surface area contributed by atoms with E-state index in [1.165, 1.54) is 55.6 Å². The SMILES string of the molecule is Sc1ccc(Sc2nc(NC3CCCCC3)nc(Sc3ccc(S)cc3)n2)cc1. The molecule has 1 heterocycles. The van der Waals surface area contributed by atoms with Crippen LogP contribution in [0.1, 0.15) is 32.1 Å². The van der Waals surface area contributed by atoms with E-state index in [0.717, 1.165) is 19.6 Å². The third-order valence-electron chi connectivity index (χ3n) is 4.62. The summed E-state index contributed by atoms with van der Waals surface area (Å²) in [5, 5.41) is 4.92. The minimum atomic E-state index is 0.439. The van der Waals surface area contributed by atoms with Crippen LogP contribution in [0.2, 0.25) is 0 Å². The van der Waals surface area contributed by atoms with E-state index >= 15 is 0 Å². The van der Waals surface area contributed by atoms with Crippen molar-refractivity contribution in [3.05, 3.63) is 48.5 Å². The fraction of sp³-hybridized carbons (Fsp3) is 0.286. The largest absolute Gasteiger partial charge is 0.351 e. The summed E-state index contributed by atoms with van der Waals surface area (Å²) in [6, 6.07) is 16.5. The minimum absolute atomic E-state index is 0.439. The Bertz CT molecular complexity index is 876. The van der Waals surface area contributed by atoms with Gasteiger partial charge in [0, 0.05) is 25.6 Å². The molecular weight excluding hydrogens is 437 g/mol. The average Bonchev–Trinajstić information content (AvgIpc) is 2.72. The molecule has 0 amide bonds. The number of nitrogens with one attached hydrogen (secondary N) is 1. The predicted molar refractivity (Wildman–Crippen MR) is 126 cm³/mol. The molecule has 1 aliphatic carbocycles. The van der Waals surface area contributed by atoms with Crippen molar-refractivity contribution in [3.63, 3.8) is 0 Å². The first-order valence-electron chi connectivity index (χ1n) is 9.60. The molecule has 29 heavy (non-hydrogen) atoms. The van der Waals surface area contributed by atoms with E-state index in [1.54, 1.807) is 0 Å². The Balaban J connectivity index is 1.58. The Morgan fingerprint density at radius 2 is 1.17 bits per heavy atom. The lowest BCUT2D eigenvalue weighted by Crippen LogP contribution is -2.23. The van der Waals surface area contributed by atoms with Crippen LogP contribution in [-0.2, 0) is 0 Å². The summed E-state index contributed by atoms with van der Waals surface area (Å²) >= 11 is 11.8. The fourth-order valence-electron chi connectivity index (χ4n) is 3.16. The molecule has 8 heteroatoms. The number of aromatic nitrogens is 3. The second-order valence-corrected chi connectivity index (χ2v) is 10.0. The first-order chi connectivity index (χ1) is 14.1. The van der Waals surface area contributed by atoms with Gasteiger partial charge in [0.25, 0.3) is 0 Å². The Morgan fingerprint density at radius 3 is 1.66 bits per heavy atom. The number of nitrogens with zero attached hydrogens (tertiary/aromatic N) is 3. The molecule has 0 atom stereocenters. The Labute approximate surface area is 190 Å². The van der Waals surface area contributed by atoms with Crippen LogP contribution >= 0.6 is 48.8 Å². The van der Waals surface area contributed by atoms with Crippen LogP contribution in [0.5, 0.6) is 0 Å². The summed E-state index contributed by atoms with van der Waals surface area (Å²) in [6.07, 6.45) is 6.18. The zero-order valence-electron chi connectivity index (χ0n) is 15.8. The molecule has 1 N–H and O–H groups in total.